The van der Waals surface area contributed by atoms with Crippen molar-refractivity contribution in [1.82, 2.24) is 0 Å². The van der Waals surface area contributed by atoms with Gasteiger partial charge in [-0.05, 0) is 6.92 Å². The van der Waals surface area contributed by atoms with Crippen LogP contribution in [0.15, 0.2) is 0 Å². The van der Waals surface area contributed by atoms with Gasteiger partial charge in [0.05, 0.1) is 65.1 Å². The summed E-state index contributed by atoms with van der Waals surface area (Å²) >= 11 is 0. The number of rotatable bonds is 10. The van der Waals surface area contributed by atoms with Crippen molar-refractivity contribution in [3.63, 3.8) is 0 Å². The maximum atomic E-state index is 11.5. The molecular formula is C48H82O40. The fourth-order valence-electron chi connectivity index (χ4n) is 11.3. The summed E-state index contributed by atoms with van der Waals surface area (Å²) in [5.41, 5.74) is 0. The molecule has 16 heterocycles. The molecule has 0 saturated carbocycles. The molecule has 0 amide bonds. The second-order valence-corrected chi connectivity index (χ2v) is 22.4. The molecule has 0 aromatic rings. The lowest BCUT2D eigenvalue weighted by Gasteiger charge is -2.51. The van der Waals surface area contributed by atoms with Gasteiger partial charge in [-0.1, -0.05) is 0 Å². The summed E-state index contributed by atoms with van der Waals surface area (Å²) in [6.45, 7) is -8.15. The van der Waals surface area contributed by atoms with Crippen molar-refractivity contribution in [2.24, 2.45) is 0 Å². The zero-order chi connectivity index (χ0) is 64.5. The van der Waals surface area contributed by atoms with Crippen LogP contribution in [0.5, 0.6) is 0 Å². The Balaban J connectivity index is 1.09. The molecule has 40 heteroatoms. The summed E-state index contributed by atoms with van der Waals surface area (Å²) in [5, 5.41) is 264. The van der Waals surface area contributed by atoms with Crippen molar-refractivity contribution in [3.05, 3.63) is 0 Å². The van der Waals surface area contributed by atoms with Gasteiger partial charge in [-0.2, -0.15) is 0 Å². The van der Waals surface area contributed by atoms with Gasteiger partial charge in [-0.3, -0.25) is 0 Å². The molecular weight excluding hydrogens is 1220 g/mol. The normalized spacial score (nSPS) is 52.9. The van der Waals surface area contributed by atoms with Crippen LogP contribution in [0.2, 0.25) is 0 Å². The lowest BCUT2D eigenvalue weighted by Crippen LogP contribution is -2.68. The lowest BCUT2D eigenvalue weighted by molar-refractivity contribution is -0.444. The molecule has 16 saturated heterocycles. The van der Waals surface area contributed by atoms with Crippen LogP contribution in [-0.2, 0) is 76.1 Å². The molecule has 0 aromatic carbocycles. The fourth-order valence-corrected chi connectivity index (χ4v) is 11.3. The minimum atomic E-state index is -2.64. The van der Waals surface area contributed by atoms with Crippen molar-refractivity contribution in [3.8, 4) is 0 Å². The van der Waals surface area contributed by atoms with Gasteiger partial charge in [0, 0.05) is 6.42 Å². The molecule has 16 aliphatic heterocycles. The Morgan fingerprint density at radius 3 is 0.875 bits per heavy atom. The Hall–Kier alpha value is -1.60. The first kappa shape index (κ1) is 72.2. The Kier molecular flexibility index (Phi) is 25.3. The lowest BCUT2D eigenvalue weighted by atomic mass is 9.95. The molecule has 0 aliphatic carbocycles. The standard InChI is InChI=1S/C48H82O40/c1-11(57)20(59)39-19(9-55)87-88-40-18(8-54)77-45(32(71)27(40)66)81-36-15(5-51)74-42(29(68)24(36)63)79-34-13(3-49)73-41(28(67)22(34)61)80-35-14(4-50)75-43(30(69)23(35)62)82-37-17(7-53)78-47(33(72)26(37)65)86-48(10-56)2-12(58)21(60)46(85-48)84-38-16(6-52)76-44(83-39)31(70)25(38)64/h11-47,49-72H,2-10H2,1H3. The van der Waals surface area contributed by atoms with Crippen LogP contribution >= 0.6 is 0 Å². The maximum Gasteiger partial charge on any atom is 0.200 e. The van der Waals surface area contributed by atoms with E-state index in [1.54, 1.807) is 0 Å². The van der Waals surface area contributed by atoms with Crippen LogP contribution in [0.3, 0.4) is 0 Å². The van der Waals surface area contributed by atoms with Crippen molar-refractivity contribution in [1.29, 1.82) is 0 Å². The molecule has 40 nitrogen and oxygen atoms in total. The first-order valence-electron chi connectivity index (χ1n) is 28.1. The van der Waals surface area contributed by atoms with E-state index in [1.807, 2.05) is 0 Å². The van der Waals surface area contributed by atoms with E-state index in [0.717, 1.165) is 6.92 Å². The average Bonchev–Trinajstić information content (AvgIpc) is 1.41. The van der Waals surface area contributed by atoms with Crippen molar-refractivity contribution < 1.29 is 199 Å². The minimum absolute atomic E-state index is 0.893. The largest absolute Gasteiger partial charge is 0.394 e. The third-order valence-electron chi connectivity index (χ3n) is 16.4. The Morgan fingerprint density at radius 1 is 0.307 bits per heavy atom. The van der Waals surface area contributed by atoms with Crippen LogP contribution in [0.1, 0.15) is 13.3 Å². The minimum Gasteiger partial charge on any atom is -0.394 e. The molecule has 0 radical (unpaired) electrons. The summed E-state index contributed by atoms with van der Waals surface area (Å²) < 4.78 is 79.9. The molecule has 16 fully saturated rings. The topological polar surface area (TPSA) is 633 Å². The van der Waals surface area contributed by atoms with E-state index in [2.05, 4.69) is 0 Å². The molecule has 514 valence electrons. The van der Waals surface area contributed by atoms with Crippen molar-refractivity contribution in [2.45, 2.75) is 246 Å². The van der Waals surface area contributed by atoms with Crippen LogP contribution in [-0.4, -0.2) is 408 Å². The Morgan fingerprint density at radius 2 is 0.568 bits per heavy atom. The SMILES string of the molecule is CC(O)C(O)C1OC2OC(CO)C(OC3OC(CO)(CC(O)C3O)OC3OC(CO)C(OC4OC(CO)C(OC5OC(CO)C(OC6OC(CO)C(OC7OC(CO)C(OOC1CO)C(O)C7O)C(O)C6O)C(O)C5O)C(O)C4O)C(O)C3O)C(O)C2O. The molecule has 16 aliphatic rings. The molecule has 14 bridgehead atoms. The molecule has 0 aromatic heterocycles. The third-order valence-corrected chi connectivity index (χ3v) is 16.4. The van der Waals surface area contributed by atoms with Crippen LogP contribution in [0.25, 0.3) is 0 Å². The van der Waals surface area contributed by atoms with Crippen LogP contribution in [0.4, 0.5) is 0 Å². The highest BCUT2D eigenvalue weighted by atomic mass is 17.2. The molecule has 16 rings (SSSR count). The predicted molar refractivity (Wildman–Crippen MR) is 263 cm³/mol. The second-order valence-electron chi connectivity index (χ2n) is 22.4. The average molecular weight is 1300 g/mol. The van der Waals surface area contributed by atoms with E-state index >= 15 is 0 Å². The molecule has 0 spiro atoms. The summed E-state index contributed by atoms with van der Waals surface area (Å²) in [7, 11) is 0. The monoisotopic (exact) mass is 1300 g/mol. The van der Waals surface area contributed by atoms with E-state index in [1.165, 1.54) is 0 Å². The number of aliphatic hydroxyl groups is 24. The van der Waals surface area contributed by atoms with Gasteiger partial charge in [0.25, 0.3) is 0 Å². The zero-order valence-corrected chi connectivity index (χ0v) is 46.5. The highest BCUT2D eigenvalue weighted by molar-refractivity contribution is 5.01. The number of ether oxygens (including phenoxy) is 14. The van der Waals surface area contributed by atoms with Crippen LogP contribution in [0, 0.1) is 0 Å². The van der Waals surface area contributed by atoms with E-state index in [9.17, 15) is 123 Å². The number of aliphatic hydroxyl groups excluding tert-OH is 24. The van der Waals surface area contributed by atoms with Gasteiger partial charge in [0.2, 0.25) is 0 Å². The number of hydrogen-bond acceptors (Lipinski definition) is 40. The zero-order valence-electron chi connectivity index (χ0n) is 46.5. The first-order valence-corrected chi connectivity index (χ1v) is 28.1. The van der Waals surface area contributed by atoms with E-state index < -0.39 is 292 Å². The quantitative estimate of drug-likeness (QED) is 0.0903. The van der Waals surface area contributed by atoms with E-state index in [4.69, 9.17) is 76.1 Å². The van der Waals surface area contributed by atoms with Crippen molar-refractivity contribution >= 4 is 0 Å². The highest BCUT2D eigenvalue weighted by Gasteiger charge is 2.60. The summed E-state index contributed by atoms with van der Waals surface area (Å²) in [6, 6.07) is 0. The highest BCUT2D eigenvalue weighted by Crippen LogP contribution is 2.40. The number of hydrogen-bond donors (Lipinski definition) is 24. The van der Waals surface area contributed by atoms with Gasteiger partial charge < -0.3 is 189 Å². The second kappa shape index (κ2) is 30.9. The number of fused-ring (bicyclic) bond motifs is 2. The van der Waals surface area contributed by atoms with Gasteiger partial charge in [-0.15, -0.1) is 0 Å². The van der Waals surface area contributed by atoms with E-state index in [-0.39, 0.29) is 0 Å². The summed E-state index contributed by atoms with van der Waals surface area (Å²) in [4.78, 5) is 10.6. The molecule has 38 unspecified atom stereocenters. The molecule has 24 N–H and O–H groups in total. The third kappa shape index (κ3) is 14.8. The first-order chi connectivity index (χ1) is 41.7. The van der Waals surface area contributed by atoms with Gasteiger partial charge >= 0.3 is 0 Å². The molecule has 38 atom stereocenters. The predicted octanol–water partition coefficient (Wildman–Crippen LogP) is -16.5. The van der Waals surface area contributed by atoms with Gasteiger partial charge in [0.1, 0.15) is 171 Å². The Labute approximate surface area is 497 Å². The fraction of sp³-hybridized carbons (Fsp3) is 1.00. The van der Waals surface area contributed by atoms with E-state index in [0.29, 0.717) is 0 Å². The van der Waals surface area contributed by atoms with Crippen LogP contribution < -0.4 is 0 Å². The Bertz CT molecular complexity index is 2100. The smallest absolute Gasteiger partial charge is 0.200 e. The summed E-state index contributed by atoms with van der Waals surface area (Å²) in [6.07, 6.45) is -78.0. The van der Waals surface area contributed by atoms with Gasteiger partial charge in [0.15, 0.2) is 49.8 Å². The van der Waals surface area contributed by atoms with Crippen molar-refractivity contribution in [2.75, 3.05) is 52.9 Å². The van der Waals surface area contributed by atoms with Gasteiger partial charge in [-0.25, -0.2) is 9.78 Å². The summed E-state index contributed by atoms with van der Waals surface area (Å²) in [5.74, 6) is -2.64. The maximum absolute atomic E-state index is 11.5. The molecule has 88 heavy (non-hydrogen) atoms.